The zero-order valence-corrected chi connectivity index (χ0v) is 24.1. The molecule has 0 radical (unpaired) electrons. The molecule has 0 unspecified atom stereocenters. The van der Waals surface area contributed by atoms with E-state index in [0.29, 0.717) is 25.8 Å². The Labute approximate surface area is 240 Å². The number of primary amides is 1. The van der Waals surface area contributed by atoms with Gasteiger partial charge in [-0.2, -0.15) is 0 Å². The smallest absolute Gasteiger partial charge is 0.417 e. The van der Waals surface area contributed by atoms with E-state index < -0.39 is 59.8 Å². The molecule has 4 N–H and O–H groups in total. The summed E-state index contributed by atoms with van der Waals surface area (Å²) in [5.41, 5.74) is 6.22. The highest BCUT2D eigenvalue weighted by molar-refractivity contribution is 6.02. The summed E-state index contributed by atoms with van der Waals surface area (Å²) in [5, 5.41) is 5.45. The molecule has 3 rings (SSSR count). The summed E-state index contributed by atoms with van der Waals surface area (Å²) < 4.78 is 5.28. The van der Waals surface area contributed by atoms with E-state index in [2.05, 4.69) is 10.6 Å². The Morgan fingerprint density at radius 1 is 1.00 bits per heavy atom. The number of imide groups is 1. The van der Waals surface area contributed by atoms with Crippen LogP contribution in [0.25, 0.3) is 0 Å². The molecule has 2 heterocycles. The van der Waals surface area contributed by atoms with E-state index in [0.717, 1.165) is 10.5 Å². The largest absolute Gasteiger partial charge is 0.444 e. The van der Waals surface area contributed by atoms with Gasteiger partial charge in [-0.05, 0) is 43.1 Å². The van der Waals surface area contributed by atoms with E-state index in [1.165, 1.54) is 4.90 Å². The fourth-order valence-corrected chi connectivity index (χ4v) is 5.22. The van der Waals surface area contributed by atoms with Crippen molar-refractivity contribution < 1.29 is 33.5 Å². The van der Waals surface area contributed by atoms with Crippen molar-refractivity contribution in [3.05, 3.63) is 35.9 Å². The van der Waals surface area contributed by atoms with E-state index in [1.807, 2.05) is 19.9 Å². The van der Waals surface area contributed by atoms with E-state index in [4.69, 9.17) is 10.5 Å². The van der Waals surface area contributed by atoms with E-state index >= 15 is 0 Å². The molecule has 0 saturated carbocycles. The third-order valence-corrected chi connectivity index (χ3v) is 7.35. The average Bonchev–Trinajstić information content (AvgIpc) is 3.57. The first-order chi connectivity index (χ1) is 19.4. The molecule has 0 bridgehead atoms. The zero-order valence-electron chi connectivity index (χ0n) is 24.1. The zero-order chi connectivity index (χ0) is 30.3. The van der Waals surface area contributed by atoms with Gasteiger partial charge in [0.25, 0.3) is 0 Å². The summed E-state index contributed by atoms with van der Waals surface area (Å²) in [7, 11) is 0. The lowest BCUT2D eigenvalue weighted by Gasteiger charge is -2.31. The second kappa shape index (κ2) is 14.1. The van der Waals surface area contributed by atoms with Crippen molar-refractivity contribution in [1.82, 2.24) is 20.4 Å². The van der Waals surface area contributed by atoms with Gasteiger partial charge in [0.05, 0.1) is 0 Å². The third-order valence-electron chi connectivity index (χ3n) is 7.35. The molecule has 2 aliphatic rings. The summed E-state index contributed by atoms with van der Waals surface area (Å²) in [4.78, 5) is 79.5. The second-order valence-corrected chi connectivity index (χ2v) is 11.4. The van der Waals surface area contributed by atoms with E-state index in [-0.39, 0.29) is 31.3 Å². The van der Waals surface area contributed by atoms with Gasteiger partial charge < -0.3 is 26.0 Å². The lowest BCUT2D eigenvalue weighted by molar-refractivity contribution is -0.142. The Kier molecular flexibility index (Phi) is 10.8. The minimum absolute atomic E-state index is 0.0150. The van der Waals surface area contributed by atoms with Crippen molar-refractivity contribution in [1.29, 1.82) is 0 Å². The van der Waals surface area contributed by atoms with Crippen LogP contribution in [0.5, 0.6) is 0 Å². The number of nitrogens with two attached hydrogens (primary N) is 1. The number of hydrogen-bond donors (Lipinski definition) is 3. The molecule has 2 fully saturated rings. The number of nitrogens with zero attached hydrogens (tertiary/aromatic N) is 2. The number of ether oxygens (including phenoxy) is 1. The van der Waals surface area contributed by atoms with Crippen LogP contribution in [0.1, 0.15) is 65.4 Å². The van der Waals surface area contributed by atoms with Gasteiger partial charge in [0.2, 0.25) is 29.5 Å². The summed E-state index contributed by atoms with van der Waals surface area (Å²) in [5.74, 6) is -3.09. The molecule has 2 aliphatic heterocycles. The molecule has 12 nitrogen and oxygen atoms in total. The molecule has 1 aromatic rings. The molecule has 0 aromatic heterocycles. The summed E-state index contributed by atoms with van der Waals surface area (Å²) >= 11 is 0. The van der Waals surface area contributed by atoms with Crippen molar-refractivity contribution in [3.8, 4) is 0 Å². The van der Waals surface area contributed by atoms with Crippen LogP contribution in [0, 0.1) is 11.8 Å². The normalized spacial score (nSPS) is 20.2. The molecule has 2 saturated heterocycles. The molecule has 4 atom stereocenters. The van der Waals surface area contributed by atoms with Gasteiger partial charge in [0, 0.05) is 13.0 Å². The Morgan fingerprint density at radius 3 is 2.29 bits per heavy atom. The van der Waals surface area contributed by atoms with Crippen molar-refractivity contribution in [2.75, 3.05) is 6.54 Å². The van der Waals surface area contributed by atoms with Crippen molar-refractivity contribution >= 4 is 35.6 Å². The Morgan fingerprint density at radius 2 is 1.68 bits per heavy atom. The van der Waals surface area contributed by atoms with Crippen LogP contribution >= 0.6 is 0 Å². The fraction of sp³-hybridized carbons (Fsp3) is 0.586. The molecular formula is C29H41N5O7. The number of carbonyl (C=O) groups is 6. The second-order valence-electron chi connectivity index (χ2n) is 11.4. The lowest BCUT2D eigenvalue weighted by atomic mass is 9.99. The maximum atomic E-state index is 13.4. The third kappa shape index (κ3) is 8.05. The maximum Gasteiger partial charge on any atom is 0.417 e. The van der Waals surface area contributed by atoms with Gasteiger partial charge >= 0.3 is 6.09 Å². The number of benzene rings is 1. The quantitative estimate of drug-likeness (QED) is 0.361. The summed E-state index contributed by atoms with van der Waals surface area (Å²) in [6.07, 6.45) is 0.576. The lowest BCUT2D eigenvalue weighted by Crippen LogP contribution is -2.59. The fourth-order valence-electron chi connectivity index (χ4n) is 5.22. The van der Waals surface area contributed by atoms with Crippen LogP contribution < -0.4 is 16.4 Å². The molecule has 6 amide bonds. The van der Waals surface area contributed by atoms with Crippen LogP contribution in [0.2, 0.25) is 0 Å². The SMILES string of the molecule is CC(C)C[C@H](NC(=O)[C@H](NC(=O)[C@@H]1CCC(=O)N1C(=O)OCc1ccccc1)C(C)C)C(=O)N1CCC[C@H]1C(N)=O. The molecule has 12 heteroatoms. The van der Waals surface area contributed by atoms with Gasteiger partial charge in [-0.25, -0.2) is 9.69 Å². The van der Waals surface area contributed by atoms with Gasteiger partial charge in [-0.15, -0.1) is 0 Å². The van der Waals surface area contributed by atoms with Crippen LogP contribution in [-0.2, 0) is 35.3 Å². The molecule has 41 heavy (non-hydrogen) atoms. The Hall–Kier alpha value is -3.96. The predicted molar refractivity (Wildman–Crippen MR) is 149 cm³/mol. The van der Waals surface area contributed by atoms with E-state index in [9.17, 15) is 28.8 Å². The minimum atomic E-state index is -1.13. The summed E-state index contributed by atoms with van der Waals surface area (Å²) in [6.45, 7) is 7.59. The molecule has 224 valence electrons. The number of amides is 6. The van der Waals surface area contributed by atoms with Crippen LogP contribution in [0.4, 0.5) is 4.79 Å². The van der Waals surface area contributed by atoms with Gasteiger partial charge in [-0.3, -0.25) is 24.0 Å². The first-order valence-corrected chi connectivity index (χ1v) is 14.1. The van der Waals surface area contributed by atoms with Crippen LogP contribution in [0.3, 0.4) is 0 Å². The van der Waals surface area contributed by atoms with E-state index in [1.54, 1.807) is 38.1 Å². The van der Waals surface area contributed by atoms with Crippen molar-refractivity contribution in [2.45, 2.75) is 90.6 Å². The standard InChI is InChI=1S/C29H41N5O7/c1-17(2)15-20(28(39)33-14-8-11-21(33)25(30)36)31-27(38)24(18(3)4)32-26(37)22-12-13-23(35)34(22)29(40)41-16-19-9-6-5-7-10-19/h5-7,9-10,17-18,20-22,24H,8,11-16H2,1-4H3,(H2,30,36)(H,31,38)(H,32,37)/t20-,21-,22-,24+/m0/s1. The number of hydrogen-bond acceptors (Lipinski definition) is 7. The number of likely N-dealkylation sites (tertiary alicyclic amines) is 2. The first-order valence-electron chi connectivity index (χ1n) is 14.1. The Balaban J connectivity index is 1.69. The molecule has 0 spiro atoms. The highest BCUT2D eigenvalue weighted by Crippen LogP contribution is 2.22. The topological polar surface area (TPSA) is 168 Å². The van der Waals surface area contributed by atoms with Crippen LogP contribution in [0.15, 0.2) is 30.3 Å². The maximum absolute atomic E-state index is 13.4. The van der Waals surface area contributed by atoms with Gasteiger partial charge in [-0.1, -0.05) is 58.0 Å². The first kappa shape index (κ1) is 31.6. The van der Waals surface area contributed by atoms with Crippen molar-refractivity contribution in [3.63, 3.8) is 0 Å². The highest BCUT2D eigenvalue weighted by atomic mass is 16.6. The van der Waals surface area contributed by atoms with Gasteiger partial charge in [0.1, 0.15) is 30.8 Å². The highest BCUT2D eigenvalue weighted by Gasteiger charge is 2.43. The van der Waals surface area contributed by atoms with Crippen LogP contribution in [-0.4, -0.2) is 76.1 Å². The predicted octanol–water partition coefficient (Wildman–Crippen LogP) is 1.46. The average molecular weight is 572 g/mol. The van der Waals surface area contributed by atoms with Crippen molar-refractivity contribution in [2.24, 2.45) is 17.6 Å². The number of nitrogens with one attached hydrogen (secondary N) is 2. The Bertz CT molecular complexity index is 1140. The monoisotopic (exact) mass is 571 g/mol. The molecule has 1 aromatic carbocycles. The van der Waals surface area contributed by atoms with Gasteiger partial charge in [0.15, 0.2) is 0 Å². The number of carbonyl (C=O) groups excluding carboxylic acids is 6. The summed E-state index contributed by atoms with van der Waals surface area (Å²) in [6, 6.07) is 5.12. The molecule has 0 aliphatic carbocycles. The molecular weight excluding hydrogens is 530 g/mol. The minimum Gasteiger partial charge on any atom is -0.444 e. The number of rotatable bonds is 11.